The van der Waals surface area contributed by atoms with Gasteiger partial charge in [-0.05, 0) is 31.0 Å². The largest absolute Gasteiger partial charge is 0.396 e. The number of hydrogen-bond acceptors (Lipinski definition) is 2. The molecule has 1 atom stereocenters. The van der Waals surface area contributed by atoms with Crippen LogP contribution in [0.4, 0.5) is 4.39 Å². The van der Waals surface area contributed by atoms with Crippen LogP contribution in [0.15, 0.2) is 36.5 Å². The first kappa shape index (κ1) is 15.3. The van der Waals surface area contributed by atoms with Crippen LogP contribution in [-0.4, -0.2) is 29.1 Å². The molecule has 1 amide bonds. The van der Waals surface area contributed by atoms with Crippen LogP contribution in [0.1, 0.15) is 21.6 Å². The Hall–Kier alpha value is -2.14. The summed E-state index contributed by atoms with van der Waals surface area (Å²) in [5.74, 6) is -0.699. The maximum Gasteiger partial charge on any atom is 0.253 e. The van der Waals surface area contributed by atoms with Gasteiger partial charge < -0.3 is 15.4 Å². The van der Waals surface area contributed by atoms with Crippen molar-refractivity contribution in [1.82, 2.24) is 10.3 Å². The van der Waals surface area contributed by atoms with E-state index in [1.807, 2.05) is 6.92 Å². The summed E-state index contributed by atoms with van der Waals surface area (Å²) in [5, 5.41) is 12.2. The molecule has 0 radical (unpaired) electrons. The minimum absolute atomic E-state index is 0.110. The van der Waals surface area contributed by atoms with Crippen LogP contribution in [0.5, 0.6) is 0 Å². The molecule has 1 unspecified atom stereocenters. The third-order valence-electron chi connectivity index (χ3n) is 3.47. The number of H-pyrrole nitrogens is 1. The van der Waals surface area contributed by atoms with E-state index in [1.54, 1.807) is 30.5 Å². The van der Waals surface area contributed by atoms with Gasteiger partial charge >= 0.3 is 0 Å². The second-order valence-corrected chi connectivity index (χ2v) is 5.07. The summed E-state index contributed by atoms with van der Waals surface area (Å²) in [6.45, 7) is 2.01. The highest BCUT2D eigenvalue weighted by Gasteiger charge is 2.15. The number of aromatic nitrogens is 1. The fourth-order valence-electron chi connectivity index (χ4n) is 2.21. The molecule has 0 aliphatic rings. The zero-order valence-corrected chi connectivity index (χ0v) is 11.9. The Bertz CT molecular complexity index is 610. The highest BCUT2D eigenvalue weighted by Crippen LogP contribution is 2.12. The molecule has 2 rings (SSSR count). The summed E-state index contributed by atoms with van der Waals surface area (Å²) >= 11 is 0. The van der Waals surface area contributed by atoms with E-state index in [1.165, 1.54) is 6.07 Å². The molecule has 1 aromatic heterocycles. The molecule has 3 N–H and O–H groups in total. The zero-order valence-electron chi connectivity index (χ0n) is 11.9. The maximum atomic E-state index is 13.6. The van der Waals surface area contributed by atoms with Gasteiger partial charge in [0.1, 0.15) is 5.82 Å². The number of benzene rings is 1. The first-order valence-electron chi connectivity index (χ1n) is 6.88. The Morgan fingerprint density at radius 2 is 2.14 bits per heavy atom. The molecular formula is C16H19FN2O2. The van der Waals surface area contributed by atoms with Crippen LogP contribution in [0, 0.1) is 18.7 Å². The van der Waals surface area contributed by atoms with Gasteiger partial charge in [0.05, 0.1) is 5.56 Å². The van der Waals surface area contributed by atoms with Crippen LogP contribution in [0.25, 0.3) is 0 Å². The normalized spacial score (nSPS) is 12.1. The van der Waals surface area contributed by atoms with Gasteiger partial charge in [0.25, 0.3) is 5.91 Å². The molecular weight excluding hydrogens is 271 g/mol. The number of aryl methyl sites for hydroxylation is 1. The van der Waals surface area contributed by atoms with E-state index in [-0.39, 0.29) is 24.2 Å². The van der Waals surface area contributed by atoms with Gasteiger partial charge in [0, 0.05) is 31.0 Å². The minimum Gasteiger partial charge on any atom is -0.396 e. The summed E-state index contributed by atoms with van der Waals surface area (Å²) in [4.78, 5) is 14.9. The van der Waals surface area contributed by atoms with Crippen molar-refractivity contribution >= 4 is 5.91 Å². The smallest absolute Gasteiger partial charge is 0.253 e. The molecule has 1 aromatic carbocycles. The topological polar surface area (TPSA) is 65.1 Å². The number of aliphatic hydroxyl groups excluding tert-OH is 1. The summed E-state index contributed by atoms with van der Waals surface area (Å²) in [5.41, 5.74) is 1.92. The average Bonchev–Trinajstić information content (AvgIpc) is 2.91. The molecule has 5 heteroatoms. The number of amides is 1. The molecule has 0 aliphatic carbocycles. The van der Waals surface area contributed by atoms with Gasteiger partial charge in [0.15, 0.2) is 0 Å². The Morgan fingerprint density at radius 1 is 1.38 bits per heavy atom. The van der Waals surface area contributed by atoms with Gasteiger partial charge in [-0.15, -0.1) is 0 Å². The Morgan fingerprint density at radius 3 is 2.76 bits per heavy atom. The van der Waals surface area contributed by atoms with Crippen LogP contribution in [-0.2, 0) is 6.42 Å². The summed E-state index contributed by atoms with van der Waals surface area (Å²) in [6, 6.07) is 8.18. The molecule has 2 aromatic rings. The molecule has 21 heavy (non-hydrogen) atoms. The Kier molecular flexibility index (Phi) is 5.11. The van der Waals surface area contributed by atoms with Crippen LogP contribution >= 0.6 is 0 Å². The van der Waals surface area contributed by atoms with Gasteiger partial charge in [-0.2, -0.15) is 0 Å². The molecule has 112 valence electrons. The van der Waals surface area contributed by atoms with Gasteiger partial charge in [-0.3, -0.25) is 4.79 Å². The van der Waals surface area contributed by atoms with E-state index < -0.39 is 0 Å². The fraction of sp³-hybridized carbons (Fsp3) is 0.312. The van der Waals surface area contributed by atoms with Crippen molar-refractivity contribution in [3.63, 3.8) is 0 Å². The number of aliphatic hydroxyl groups is 1. The van der Waals surface area contributed by atoms with E-state index in [2.05, 4.69) is 10.3 Å². The molecule has 0 saturated heterocycles. The summed E-state index contributed by atoms with van der Waals surface area (Å²) < 4.78 is 13.6. The fourth-order valence-corrected chi connectivity index (χ4v) is 2.21. The first-order chi connectivity index (χ1) is 10.1. The van der Waals surface area contributed by atoms with Gasteiger partial charge in [-0.25, -0.2) is 4.39 Å². The number of hydrogen-bond donors (Lipinski definition) is 3. The molecule has 0 aliphatic heterocycles. The Labute approximate surface area is 123 Å². The molecule has 0 fully saturated rings. The molecule has 1 heterocycles. The molecule has 0 saturated carbocycles. The number of nitrogens with one attached hydrogen (secondary N) is 2. The second kappa shape index (κ2) is 7.04. The monoisotopic (exact) mass is 290 g/mol. The number of carbonyl (C=O) groups excluding carboxylic acids is 1. The van der Waals surface area contributed by atoms with E-state index in [0.29, 0.717) is 24.1 Å². The Balaban J connectivity index is 1.93. The van der Waals surface area contributed by atoms with Crippen LogP contribution in [0.3, 0.4) is 0 Å². The van der Waals surface area contributed by atoms with Crippen molar-refractivity contribution in [1.29, 1.82) is 0 Å². The molecule has 0 bridgehead atoms. The van der Waals surface area contributed by atoms with E-state index in [4.69, 9.17) is 0 Å². The lowest BCUT2D eigenvalue weighted by molar-refractivity contribution is 0.0939. The van der Waals surface area contributed by atoms with Crippen LogP contribution < -0.4 is 5.32 Å². The van der Waals surface area contributed by atoms with Gasteiger partial charge in [0.2, 0.25) is 0 Å². The van der Waals surface area contributed by atoms with Crippen molar-refractivity contribution in [2.24, 2.45) is 5.92 Å². The number of halogens is 1. The summed E-state index contributed by atoms with van der Waals surface area (Å²) in [6.07, 6.45) is 2.09. The van der Waals surface area contributed by atoms with E-state index in [9.17, 15) is 14.3 Å². The van der Waals surface area contributed by atoms with Crippen LogP contribution in [0.2, 0.25) is 0 Å². The lowest BCUT2D eigenvalue weighted by Gasteiger charge is -2.15. The summed E-state index contributed by atoms with van der Waals surface area (Å²) in [7, 11) is 0. The number of rotatable bonds is 6. The molecule has 0 spiro atoms. The van der Waals surface area contributed by atoms with E-state index in [0.717, 1.165) is 5.69 Å². The highest BCUT2D eigenvalue weighted by molar-refractivity contribution is 5.95. The van der Waals surface area contributed by atoms with Crippen molar-refractivity contribution in [2.75, 3.05) is 13.2 Å². The zero-order chi connectivity index (χ0) is 15.2. The third kappa shape index (κ3) is 3.92. The van der Waals surface area contributed by atoms with Crippen molar-refractivity contribution in [2.45, 2.75) is 13.3 Å². The minimum atomic E-state index is -0.288. The quantitative estimate of drug-likeness (QED) is 0.762. The van der Waals surface area contributed by atoms with E-state index >= 15 is 0 Å². The lowest BCUT2D eigenvalue weighted by Crippen LogP contribution is -2.32. The second-order valence-electron chi connectivity index (χ2n) is 5.07. The average molecular weight is 290 g/mol. The maximum absolute atomic E-state index is 13.6. The first-order valence-corrected chi connectivity index (χ1v) is 6.88. The SMILES string of the molecule is Cc1[nH]ccc1C(=O)NCC(CO)Cc1ccccc1F. The third-order valence-corrected chi connectivity index (χ3v) is 3.47. The number of carbonyl (C=O) groups is 1. The highest BCUT2D eigenvalue weighted by atomic mass is 19.1. The van der Waals surface area contributed by atoms with Crippen molar-refractivity contribution in [3.05, 3.63) is 59.2 Å². The predicted octanol–water partition coefficient (Wildman–Crippen LogP) is 2.04. The number of aromatic amines is 1. The molecule has 4 nitrogen and oxygen atoms in total. The van der Waals surface area contributed by atoms with Crippen molar-refractivity contribution < 1.29 is 14.3 Å². The standard InChI is InChI=1S/C16H19FN2O2/c1-11-14(6-7-18-11)16(21)19-9-12(10-20)8-13-4-2-3-5-15(13)17/h2-7,12,18,20H,8-10H2,1H3,(H,19,21). The lowest BCUT2D eigenvalue weighted by atomic mass is 9.99. The predicted molar refractivity (Wildman–Crippen MR) is 78.5 cm³/mol. The van der Waals surface area contributed by atoms with Gasteiger partial charge in [-0.1, -0.05) is 18.2 Å². The van der Waals surface area contributed by atoms with Crippen molar-refractivity contribution in [3.8, 4) is 0 Å².